The molecule has 0 aliphatic carbocycles. The standard InChI is InChI=1S/C66H61N3O/c1-42-34-44(3)63(70-10)58(35-42)64-68-62-55(51-37-50(45-18-13-11-14-19-45)38-52(39-51)59-40-49(32-33-67-59)46-24-28-53(29-25-46)65(4,5)6)22-17-23-60(62)69(64)61-36-43(2)56(47-20-15-12-16-21-47)41-57(61)48-26-30-54(31-27-48)66(7,8)9/h11-41H,1-10H3/i2D3,4D3,5D3,6D3,24D,25D,28D,29D. The number of ether oxygens (including phenoxy) is 1. The molecule has 0 amide bonds. The molecule has 0 aliphatic heterocycles. The summed E-state index contributed by atoms with van der Waals surface area (Å²) in [5.74, 6) is 1.05. The molecule has 346 valence electrons. The SMILES string of the molecule is [2H]c1c([2H])c(C(C([2H])([2H])[2H])(C([2H])([2H])[2H])C([2H])([2H])[2H])c([2H])c([2H])c1-c1ccnc(-c2cc(-c3ccccc3)cc(-c3cccc4c3nc(-c3cc(C)cc(C)c3OC)n4-c3cc(C([2H])([2H])[2H])c(-c4ccccc4)cc3-c3ccc(C(C)(C)C)cc3)c2)c1. The Morgan fingerprint density at radius 3 is 1.89 bits per heavy atom. The van der Waals surface area contributed by atoms with E-state index in [-0.39, 0.29) is 22.1 Å². The predicted octanol–water partition coefficient (Wildman–Crippen LogP) is 17.6. The Morgan fingerprint density at radius 1 is 0.514 bits per heavy atom. The minimum Gasteiger partial charge on any atom is -0.496 e. The summed E-state index contributed by atoms with van der Waals surface area (Å²) in [5, 5.41) is 0. The van der Waals surface area contributed by atoms with Gasteiger partial charge in [0.1, 0.15) is 11.6 Å². The van der Waals surface area contributed by atoms with Crippen LogP contribution >= 0.6 is 0 Å². The van der Waals surface area contributed by atoms with Crippen molar-refractivity contribution in [2.75, 3.05) is 7.11 Å². The average Bonchev–Trinajstić information content (AvgIpc) is 0.749. The molecule has 0 saturated carbocycles. The lowest BCUT2D eigenvalue weighted by Crippen LogP contribution is -2.10. The van der Waals surface area contributed by atoms with Gasteiger partial charge in [0.25, 0.3) is 0 Å². The summed E-state index contributed by atoms with van der Waals surface area (Å²) < 4.78 is 147. The lowest BCUT2D eigenvalue weighted by atomic mass is 9.85. The Kier molecular flexibility index (Phi) is 7.98. The Hall–Kier alpha value is -7.82. The van der Waals surface area contributed by atoms with E-state index in [1.54, 1.807) is 19.2 Å². The summed E-state index contributed by atoms with van der Waals surface area (Å²) in [6.07, 6.45) is 1.41. The van der Waals surface area contributed by atoms with Crippen LogP contribution in [0.1, 0.15) is 91.1 Å². The molecule has 10 rings (SSSR count). The summed E-state index contributed by atoms with van der Waals surface area (Å²) in [7, 11) is 1.61. The quantitative estimate of drug-likeness (QED) is 0.145. The third-order valence-electron chi connectivity index (χ3n) is 12.8. The maximum Gasteiger partial charge on any atom is 0.149 e. The van der Waals surface area contributed by atoms with E-state index in [2.05, 4.69) is 45.0 Å². The Morgan fingerprint density at radius 2 is 1.20 bits per heavy atom. The molecule has 0 unspecified atom stereocenters. The van der Waals surface area contributed by atoms with E-state index >= 15 is 0 Å². The van der Waals surface area contributed by atoms with Crippen LogP contribution in [0.5, 0.6) is 5.75 Å². The molecular formula is C66H61N3O. The number of methoxy groups -OCH3 is 1. The van der Waals surface area contributed by atoms with Crippen molar-refractivity contribution >= 4 is 11.0 Å². The number of rotatable bonds is 9. The van der Waals surface area contributed by atoms with Crippen LogP contribution in [0.15, 0.2) is 188 Å². The molecule has 2 heterocycles. The van der Waals surface area contributed by atoms with Gasteiger partial charge in [-0.05, 0) is 158 Å². The molecule has 0 saturated heterocycles. The molecule has 0 spiro atoms. The number of fused-ring (bicyclic) bond motifs is 1. The fourth-order valence-electron chi connectivity index (χ4n) is 9.28. The molecule has 2 aromatic heterocycles. The van der Waals surface area contributed by atoms with E-state index < -0.39 is 62.6 Å². The van der Waals surface area contributed by atoms with Gasteiger partial charge in [0, 0.05) is 39.3 Å². The Labute approximate surface area is 436 Å². The Bertz CT molecular complexity index is 4190. The lowest BCUT2D eigenvalue weighted by Gasteiger charge is -2.22. The molecule has 0 N–H and O–H groups in total. The highest BCUT2D eigenvalue weighted by atomic mass is 16.5. The molecule has 0 aliphatic rings. The van der Waals surface area contributed by atoms with Crippen LogP contribution < -0.4 is 4.74 Å². The van der Waals surface area contributed by atoms with E-state index in [9.17, 15) is 2.74 Å². The molecule has 0 bridgehead atoms. The lowest BCUT2D eigenvalue weighted by molar-refractivity contribution is 0.413. The second-order valence-electron chi connectivity index (χ2n) is 18.8. The fraction of sp³-hybridized carbons (Fsp3) is 0.182. The maximum absolute atomic E-state index is 9.22. The fourth-order valence-corrected chi connectivity index (χ4v) is 9.28. The predicted molar refractivity (Wildman–Crippen MR) is 295 cm³/mol. The van der Waals surface area contributed by atoms with Crippen LogP contribution in [0.2, 0.25) is 0 Å². The number of nitrogens with zero attached hydrogens (tertiary/aromatic N) is 3. The normalized spacial score (nSPS) is 15.9. The van der Waals surface area contributed by atoms with Crippen molar-refractivity contribution in [2.45, 2.75) is 72.9 Å². The monoisotopic (exact) mass is 928 g/mol. The largest absolute Gasteiger partial charge is 0.496 e. The number of hydrogen-bond acceptors (Lipinski definition) is 3. The summed E-state index contributed by atoms with van der Waals surface area (Å²) >= 11 is 0. The number of imidazole rings is 1. The molecule has 4 nitrogen and oxygen atoms in total. The Balaban J connectivity index is 1.26. The first-order valence-electron chi connectivity index (χ1n) is 31.1. The molecular weight excluding hydrogens is 851 g/mol. The maximum atomic E-state index is 9.22. The van der Waals surface area contributed by atoms with Gasteiger partial charge in [-0.2, -0.15) is 0 Å². The van der Waals surface area contributed by atoms with Gasteiger partial charge in [-0.15, -0.1) is 0 Å². The van der Waals surface area contributed by atoms with Gasteiger partial charge in [0.05, 0.1) is 40.6 Å². The highest BCUT2D eigenvalue weighted by Gasteiger charge is 2.25. The van der Waals surface area contributed by atoms with E-state index in [0.29, 0.717) is 61.8 Å². The van der Waals surface area contributed by atoms with E-state index in [1.165, 1.54) is 12.3 Å². The van der Waals surface area contributed by atoms with E-state index in [1.807, 2.05) is 134 Å². The number of aryl methyl sites for hydroxylation is 3. The average molecular weight is 928 g/mol. The zero-order valence-corrected chi connectivity index (χ0v) is 39.8. The second-order valence-corrected chi connectivity index (χ2v) is 18.8. The molecule has 70 heavy (non-hydrogen) atoms. The van der Waals surface area contributed by atoms with Gasteiger partial charge < -0.3 is 4.74 Å². The van der Waals surface area contributed by atoms with Gasteiger partial charge in [0.2, 0.25) is 0 Å². The van der Waals surface area contributed by atoms with Crippen molar-refractivity contribution in [2.24, 2.45) is 0 Å². The minimum atomic E-state index is -3.84. The minimum absolute atomic E-state index is 0.0962. The van der Waals surface area contributed by atoms with Crippen molar-refractivity contribution in [3.63, 3.8) is 0 Å². The zero-order valence-electron chi connectivity index (χ0n) is 55.8. The van der Waals surface area contributed by atoms with E-state index in [4.69, 9.17) is 33.9 Å². The number of aromatic nitrogens is 3. The smallest absolute Gasteiger partial charge is 0.149 e. The van der Waals surface area contributed by atoms with Crippen LogP contribution in [0.25, 0.3) is 95.0 Å². The number of benzene rings is 8. The van der Waals surface area contributed by atoms with Crippen LogP contribution in [0.4, 0.5) is 0 Å². The highest BCUT2D eigenvalue weighted by Crippen LogP contribution is 2.44. The van der Waals surface area contributed by atoms with Crippen LogP contribution in [-0.2, 0) is 10.8 Å². The zero-order chi connectivity index (χ0) is 62.4. The second kappa shape index (κ2) is 18.3. The number of hydrogen-bond donors (Lipinski definition) is 0. The van der Waals surface area contributed by atoms with Gasteiger partial charge in [0.15, 0.2) is 0 Å². The third kappa shape index (κ3) is 8.87. The summed E-state index contributed by atoms with van der Waals surface area (Å²) in [6.45, 7) is -3.68. The van der Waals surface area contributed by atoms with Gasteiger partial charge >= 0.3 is 0 Å². The van der Waals surface area contributed by atoms with Crippen molar-refractivity contribution in [3.05, 3.63) is 216 Å². The molecule has 4 heteroatoms. The number of para-hydroxylation sites is 1. The first-order valence-corrected chi connectivity index (χ1v) is 23.1. The van der Waals surface area contributed by atoms with E-state index in [0.717, 1.165) is 44.5 Å². The van der Waals surface area contributed by atoms with Crippen molar-refractivity contribution in [3.8, 4) is 89.7 Å². The van der Waals surface area contributed by atoms with Crippen LogP contribution in [-0.4, -0.2) is 21.6 Å². The molecule has 8 aromatic carbocycles. The van der Waals surface area contributed by atoms with Gasteiger partial charge in [-0.25, -0.2) is 4.98 Å². The molecule has 0 fully saturated rings. The first-order chi connectivity index (χ1) is 40.3. The highest BCUT2D eigenvalue weighted by molar-refractivity contribution is 5.99. The topological polar surface area (TPSA) is 39.9 Å². The molecule has 10 aromatic rings. The van der Waals surface area contributed by atoms with Gasteiger partial charge in [-0.3, -0.25) is 9.55 Å². The summed E-state index contributed by atoms with van der Waals surface area (Å²) in [5.41, 5.74) is 6.64. The third-order valence-corrected chi connectivity index (χ3v) is 12.8. The van der Waals surface area contributed by atoms with Crippen LogP contribution in [0, 0.1) is 20.7 Å². The van der Waals surface area contributed by atoms with Crippen LogP contribution in [0.3, 0.4) is 0 Å². The summed E-state index contributed by atoms with van der Waals surface area (Å²) in [6, 6.07) is 45.9. The number of pyridine rings is 1. The van der Waals surface area contributed by atoms with Gasteiger partial charge in [-0.1, -0.05) is 169 Å². The van der Waals surface area contributed by atoms with Crippen molar-refractivity contribution in [1.29, 1.82) is 0 Å². The molecule has 0 atom stereocenters. The molecule has 0 radical (unpaired) electrons. The van der Waals surface area contributed by atoms with Crippen molar-refractivity contribution in [1.82, 2.24) is 14.5 Å². The first kappa shape index (κ1) is 30.6. The summed E-state index contributed by atoms with van der Waals surface area (Å²) in [4.78, 5) is 10.3. The van der Waals surface area contributed by atoms with Crippen molar-refractivity contribution < 1.29 is 26.7 Å².